The van der Waals surface area contributed by atoms with Gasteiger partial charge in [0.05, 0.1) is 30.9 Å². The number of hydrogen-bond donors (Lipinski definition) is 3. The van der Waals surface area contributed by atoms with E-state index in [4.69, 9.17) is 9.15 Å². The minimum atomic E-state index is -1.76. The van der Waals surface area contributed by atoms with Gasteiger partial charge in [0.1, 0.15) is 11.3 Å². The zero-order valence-corrected chi connectivity index (χ0v) is 28.8. The van der Waals surface area contributed by atoms with E-state index in [2.05, 4.69) is 20.6 Å². The van der Waals surface area contributed by atoms with Crippen LogP contribution in [0.25, 0.3) is 11.5 Å². The summed E-state index contributed by atoms with van der Waals surface area (Å²) in [5, 5.41) is 22.0. The first-order valence-corrected chi connectivity index (χ1v) is 18.0. The number of rotatable bonds is 12. The van der Waals surface area contributed by atoms with Gasteiger partial charge in [0, 0.05) is 34.3 Å². The van der Waals surface area contributed by atoms with Crippen molar-refractivity contribution in [1.82, 2.24) is 25.5 Å². The molecule has 4 atom stereocenters. The lowest BCUT2D eigenvalue weighted by atomic mass is 9.91. The van der Waals surface area contributed by atoms with Crippen LogP contribution >= 0.6 is 11.3 Å². The average Bonchev–Trinajstić information content (AvgIpc) is 3.99. The van der Waals surface area contributed by atoms with Crippen LogP contribution in [0.3, 0.4) is 0 Å². The summed E-state index contributed by atoms with van der Waals surface area (Å²) in [6.45, 7) is 3.43. The molecule has 2 aromatic heterocycles. The molecule has 4 heterocycles. The second-order valence-corrected chi connectivity index (χ2v) is 13.9. The SMILES string of the molecule is Cc1csc([C@H]2CCCN2C(=O)c2cc(C(=O)NC(Cc3ccccc3)C(O)(OCc3ccccc3)C3CCCN3)cc(-c3ncco3)c2)n1. The number of benzene rings is 3. The largest absolute Gasteiger partial charge is 0.445 e. The van der Waals surface area contributed by atoms with Crippen molar-refractivity contribution in [3.05, 3.63) is 130 Å². The molecule has 2 aliphatic heterocycles. The molecule has 2 saturated heterocycles. The summed E-state index contributed by atoms with van der Waals surface area (Å²) in [5.74, 6) is -2.12. The first kappa shape index (κ1) is 33.8. The number of hydrogen-bond acceptors (Lipinski definition) is 9. The summed E-state index contributed by atoms with van der Waals surface area (Å²) < 4.78 is 12.0. The quantitative estimate of drug-likeness (QED) is 0.134. The highest BCUT2D eigenvalue weighted by molar-refractivity contribution is 7.09. The molecular formula is C39H41N5O5S. The molecule has 5 aromatic rings. The van der Waals surface area contributed by atoms with Gasteiger partial charge in [-0.05, 0) is 74.9 Å². The van der Waals surface area contributed by atoms with E-state index >= 15 is 0 Å². The molecular weight excluding hydrogens is 651 g/mol. The minimum Gasteiger partial charge on any atom is -0.445 e. The number of ether oxygens (including phenoxy) is 1. The summed E-state index contributed by atoms with van der Waals surface area (Å²) in [4.78, 5) is 39.4. The summed E-state index contributed by atoms with van der Waals surface area (Å²) in [5.41, 5.74) is 3.86. The number of carbonyl (C=O) groups excluding carboxylic acids is 2. The fourth-order valence-corrected chi connectivity index (χ4v) is 7.92. The van der Waals surface area contributed by atoms with Crippen molar-refractivity contribution in [2.45, 2.75) is 69.5 Å². The second kappa shape index (κ2) is 15.1. The highest BCUT2D eigenvalue weighted by atomic mass is 32.1. The number of likely N-dealkylation sites (tertiary alicyclic amines) is 1. The van der Waals surface area contributed by atoms with Gasteiger partial charge in [0.15, 0.2) is 0 Å². The number of carbonyl (C=O) groups is 2. The van der Waals surface area contributed by atoms with E-state index < -0.39 is 23.8 Å². The highest BCUT2D eigenvalue weighted by Crippen LogP contribution is 2.36. The third-order valence-corrected chi connectivity index (χ3v) is 10.6. The number of aryl methyl sites for hydroxylation is 1. The lowest BCUT2D eigenvalue weighted by Crippen LogP contribution is -2.63. The first-order valence-electron chi connectivity index (χ1n) is 17.1. The van der Waals surface area contributed by atoms with Crippen molar-refractivity contribution in [2.75, 3.05) is 13.1 Å². The molecule has 0 radical (unpaired) electrons. The highest BCUT2D eigenvalue weighted by Gasteiger charge is 2.47. The lowest BCUT2D eigenvalue weighted by molar-refractivity contribution is -0.243. The van der Waals surface area contributed by atoms with Crippen LogP contribution in [0.5, 0.6) is 0 Å². The second-order valence-electron chi connectivity index (χ2n) is 13.0. The van der Waals surface area contributed by atoms with Gasteiger partial charge in [-0.25, -0.2) is 9.97 Å². The third-order valence-electron chi connectivity index (χ3n) is 9.52. The molecule has 2 amide bonds. The van der Waals surface area contributed by atoms with Crippen molar-refractivity contribution >= 4 is 23.2 Å². The molecule has 258 valence electrons. The van der Waals surface area contributed by atoms with E-state index in [1.165, 1.54) is 12.5 Å². The van der Waals surface area contributed by atoms with Crippen LogP contribution in [0.1, 0.15) is 74.3 Å². The Morgan fingerprint density at radius 2 is 1.82 bits per heavy atom. The predicted molar refractivity (Wildman–Crippen MR) is 190 cm³/mol. The lowest BCUT2D eigenvalue weighted by Gasteiger charge is -2.41. The number of nitrogens with zero attached hydrogens (tertiary/aromatic N) is 3. The summed E-state index contributed by atoms with van der Waals surface area (Å²) in [6, 6.07) is 23.0. The number of nitrogens with one attached hydrogen (secondary N) is 2. The maximum atomic E-state index is 14.4. The van der Waals surface area contributed by atoms with E-state index in [0.29, 0.717) is 36.4 Å². The van der Waals surface area contributed by atoms with Gasteiger partial charge in [-0.2, -0.15) is 0 Å². The van der Waals surface area contributed by atoms with Crippen LogP contribution in [0.2, 0.25) is 0 Å². The summed E-state index contributed by atoms with van der Waals surface area (Å²) in [6.07, 6.45) is 6.53. The molecule has 2 aliphatic rings. The number of amides is 2. The van der Waals surface area contributed by atoms with Gasteiger partial charge in [-0.15, -0.1) is 11.3 Å². The summed E-state index contributed by atoms with van der Waals surface area (Å²) in [7, 11) is 0. The van der Waals surface area contributed by atoms with Gasteiger partial charge < -0.3 is 29.8 Å². The van der Waals surface area contributed by atoms with Crippen molar-refractivity contribution in [3.63, 3.8) is 0 Å². The molecule has 0 spiro atoms. The maximum Gasteiger partial charge on any atom is 0.254 e. The van der Waals surface area contributed by atoms with E-state index in [0.717, 1.165) is 47.6 Å². The van der Waals surface area contributed by atoms with Crippen molar-refractivity contribution < 1.29 is 23.8 Å². The van der Waals surface area contributed by atoms with Gasteiger partial charge in [-0.1, -0.05) is 60.7 Å². The average molecular weight is 692 g/mol. The van der Waals surface area contributed by atoms with Crippen LogP contribution in [-0.4, -0.2) is 62.7 Å². The van der Waals surface area contributed by atoms with Crippen LogP contribution in [0.15, 0.2) is 101 Å². The molecule has 3 aromatic carbocycles. The Kier molecular flexibility index (Phi) is 10.2. The predicted octanol–water partition coefficient (Wildman–Crippen LogP) is 6.08. The Morgan fingerprint density at radius 1 is 1.06 bits per heavy atom. The molecule has 11 heteroatoms. The molecule has 0 bridgehead atoms. The van der Waals surface area contributed by atoms with E-state index in [1.807, 2.05) is 77.9 Å². The van der Waals surface area contributed by atoms with Crippen molar-refractivity contribution in [3.8, 4) is 11.5 Å². The molecule has 10 nitrogen and oxygen atoms in total. The van der Waals surface area contributed by atoms with Crippen LogP contribution in [0.4, 0.5) is 0 Å². The standard InChI is InChI=1S/C39H41N5O5S/c1-26-25-50-37(42-26)32-14-9-18-44(32)38(46)31-22-29(21-30(23-31)36-41-17-19-48-36)35(45)43-34(20-27-10-4-2-5-11-27)39(47,33-15-8-16-40-33)49-24-28-12-6-3-7-13-28/h2-7,10-13,17,19,21-23,25,32-34,40,47H,8-9,14-16,18,20,24H2,1H3,(H,43,45)/t32-,33?,34?,39?/m1/s1. The number of aromatic nitrogens is 2. The Morgan fingerprint density at radius 3 is 2.50 bits per heavy atom. The minimum absolute atomic E-state index is 0.130. The number of aliphatic hydroxyl groups is 1. The van der Waals surface area contributed by atoms with Gasteiger partial charge in [-0.3, -0.25) is 9.59 Å². The van der Waals surface area contributed by atoms with Crippen molar-refractivity contribution in [2.24, 2.45) is 0 Å². The number of oxazole rings is 1. The maximum absolute atomic E-state index is 14.4. The Hall–Kier alpha value is -4.68. The Labute approximate surface area is 295 Å². The number of thiazole rings is 1. The molecule has 0 aliphatic carbocycles. The van der Waals surface area contributed by atoms with Crippen LogP contribution in [0, 0.1) is 6.92 Å². The first-order chi connectivity index (χ1) is 24.4. The topological polar surface area (TPSA) is 130 Å². The Bertz CT molecular complexity index is 1890. The van der Waals surface area contributed by atoms with E-state index in [-0.39, 0.29) is 24.1 Å². The zero-order valence-electron chi connectivity index (χ0n) is 28.0. The van der Waals surface area contributed by atoms with Crippen LogP contribution < -0.4 is 10.6 Å². The molecule has 2 fully saturated rings. The van der Waals surface area contributed by atoms with E-state index in [1.54, 1.807) is 29.5 Å². The zero-order chi connectivity index (χ0) is 34.5. The normalized spacial score (nSPS) is 19.3. The van der Waals surface area contributed by atoms with Gasteiger partial charge in [0.25, 0.3) is 11.8 Å². The third kappa shape index (κ3) is 7.41. The molecule has 50 heavy (non-hydrogen) atoms. The summed E-state index contributed by atoms with van der Waals surface area (Å²) >= 11 is 1.56. The van der Waals surface area contributed by atoms with Gasteiger partial charge >= 0.3 is 0 Å². The molecule has 7 rings (SSSR count). The smallest absolute Gasteiger partial charge is 0.254 e. The fraction of sp³-hybridized carbons (Fsp3) is 0.333. The molecule has 0 saturated carbocycles. The molecule has 3 N–H and O–H groups in total. The van der Waals surface area contributed by atoms with E-state index in [9.17, 15) is 14.7 Å². The van der Waals surface area contributed by atoms with Gasteiger partial charge in [0.2, 0.25) is 11.7 Å². The van der Waals surface area contributed by atoms with Crippen LogP contribution in [-0.2, 0) is 17.8 Å². The monoisotopic (exact) mass is 691 g/mol. The fourth-order valence-electron chi connectivity index (χ4n) is 6.98. The Balaban J connectivity index is 1.23. The van der Waals surface area contributed by atoms with Crippen molar-refractivity contribution in [1.29, 1.82) is 0 Å². The molecule has 3 unspecified atom stereocenters.